The first-order valence-corrected chi connectivity index (χ1v) is 14.8. The molecule has 0 bridgehead atoms. The Balaban J connectivity index is 1.48. The highest BCUT2D eigenvalue weighted by atomic mass is 16.6. The Hall–Kier alpha value is -3.62. The molecule has 0 amide bonds. The van der Waals surface area contributed by atoms with Crippen LogP contribution in [0, 0.1) is 0 Å². The van der Waals surface area contributed by atoms with E-state index in [9.17, 15) is 5.11 Å². The van der Waals surface area contributed by atoms with E-state index in [1.165, 1.54) is 0 Å². The Bertz CT molecular complexity index is 1330. The molecule has 0 spiro atoms. The summed E-state index contributed by atoms with van der Waals surface area (Å²) in [5, 5.41) is 11.9. The molecule has 1 fully saturated rings. The van der Waals surface area contributed by atoms with Gasteiger partial charge in [0.05, 0.1) is 33.0 Å². The zero-order chi connectivity index (χ0) is 29.7. The summed E-state index contributed by atoms with van der Waals surface area (Å²) in [7, 11) is 0. The van der Waals surface area contributed by atoms with Crippen LogP contribution in [-0.4, -0.2) is 48.3 Å². The molecule has 0 aliphatic heterocycles. The van der Waals surface area contributed by atoms with Crippen LogP contribution in [0.25, 0.3) is 0 Å². The van der Waals surface area contributed by atoms with E-state index in [0.717, 1.165) is 22.3 Å². The first-order chi connectivity index (χ1) is 21.2. The minimum Gasteiger partial charge on any atom is -0.387 e. The van der Waals surface area contributed by atoms with E-state index >= 15 is 0 Å². The fourth-order valence-electron chi connectivity index (χ4n) is 5.34. The molecule has 4 aromatic carbocycles. The molecule has 1 aliphatic rings. The van der Waals surface area contributed by atoms with Crippen LogP contribution in [0.15, 0.2) is 134 Å². The van der Waals surface area contributed by atoms with Crippen molar-refractivity contribution in [1.82, 2.24) is 0 Å². The van der Waals surface area contributed by atoms with E-state index in [-0.39, 0.29) is 6.61 Å². The maximum Gasteiger partial charge on any atom is 0.116 e. The van der Waals surface area contributed by atoms with Crippen molar-refractivity contribution in [3.63, 3.8) is 0 Å². The van der Waals surface area contributed by atoms with E-state index in [0.29, 0.717) is 26.4 Å². The molecule has 0 aromatic heterocycles. The average molecular weight is 581 g/mol. The van der Waals surface area contributed by atoms with Gasteiger partial charge < -0.3 is 28.8 Å². The van der Waals surface area contributed by atoms with E-state index < -0.39 is 36.6 Å². The number of rotatable bonds is 15. The molecule has 6 nitrogen and oxygen atoms in total. The standard InChI is InChI=1S/C37H40O6/c1-2-23-39-33-32(38)34(40-24-28-15-7-3-8-16-28)36(42-26-30-19-11-5-12-20-30)37(43-27-31-21-13-6-14-22-31)35(33)41-25-29-17-9-4-10-18-29/h2-22,32-38H,1,23-27H2/t32-,33-,34-,35-,36+,37+/m0/s1. The van der Waals surface area contributed by atoms with Crippen molar-refractivity contribution >= 4 is 0 Å². The molecule has 1 N–H and O–H groups in total. The molecule has 0 radical (unpaired) electrons. The van der Waals surface area contributed by atoms with Gasteiger partial charge >= 0.3 is 0 Å². The third-order valence-corrected chi connectivity index (χ3v) is 7.52. The summed E-state index contributed by atoms with van der Waals surface area (Å²) in [4.78, 5) is 0. The normalized spacial score (nSPS) is 23.6. The van der Waals surface area contributed by atoms with Gasteiger partial charge in [-0.25, -0.2) is 0 Å². The molecule has 0 heterocycles. The van der Waals surface area contributed by atoms with E-state index in [1.807, 2.05) is 121 Å². The van der Waals surface area contributed by atoms with Crippen LogP contribution in [0.5, 0.6) is 0 Å². The second-order valence-electron chi connectivity index (χ2n) is 10.6. The minimum atomic E-state index is -1.05. The predicted octanol–water partition coefficient (Wildman–Crippen LogP) is 6.27. The summed E-state index contributed by atoms with van der Waals surface area (Å²) in [5.41, 5.74) is 4.02. The van der Waals surface area contributed by atoms with Gasteiger partial charge in [-0.1, -0.05) is 127 Å². The molecule has 0 unspecified atom stereocenters. The highest BCUT2D eigenvalue weighted by Crippen LogP contribution is 2.34. The molecule has 43 heavy (non-hydrogen) atoms. The summed E-state index contributed by atoms with van der Waals surface area (Å²) in [6, 6.07) is 39.8. The Morgan fingerprint density at radius 2 is 0.721 bits per heavy atom. The zero-order valence-electron chi connectivity index (χ0n) is 24.3. The Morgan fingerprint density at radius 1 is 0.442 bits per heavy atom. The van der Waals surface area contributed by atoms with Crippen molar-refractivity contribution in [1.29, 1.82) is 0 Å². The molecule has 224 valence electrons. The van der Waals surface area contributed by atoms with Gasteiger partial charge in [0.15, 0.2) is 0 Å². The lowest BCUT2D eigenvalue weighted by Gasteiger charge is -2.48. The molecular formula is C37H40O6. The van der Waals surface area contributed by atoms with Crippen molar-refractivity contribution in [3.8, 4) is 0 Å². The molecule has 6 heteroatoms. The lowest BCUT2D eigenvalue weighted by atomic mass is 9.83. The fourth-order valence-corrected chi connectivity index (χ4v) is 5.34. The molecular weight excluding hydrogens is 540 g/mol. The quantitative estimate of drug-likeness (QED) is 0.167. The monoisotopic (exact) mass is 580 g/mol. The highest BCUT2D eigenvalue weighted by molar-refractivity contribution is 5.17. The van der Waals surface area contributed by atoms with Gasteiger partial charge in [0.25, 0.3) is 0 Å². The Morgan fingerprint density at radius 3 is 1.05 bits per heavy atom. The van der Waals surface area contributed by atoms with Crippen molar-refractivity contribution in [3.05, 3.63) is 156 Å². The topological polar surface area (TPSA) is 66.4 Å². The lowest BCUT2D eigenvalue weighted by molar-refractivity contribution is -0.280. The molecule has 5 rings (SSSR count). The summed E-state index contributed by atoms with van der Waals surface area (Å²) in [5.74, 6) is 0. The maximum absolute atomic E-state index is 11.9. The second kappa shape index (κ2) is 16.3. The van der Waals surface area contributed by atoms with E-state index in [1.54, 1.807) is 6.08 Å². The van der Waals surface area contributed by atoms with Crippen LogP contribution in [0.4, 0.5) is 0 Å². The molecule has 1 aliphatic carbocycles. The minimum absolute atomic E-state index is 0.235. The first kappa shape index (κ1) is 30.8. The van der Waals surface area contributed by atoms with Crippen LogP contribution in [0.1, 0.15) is 22.3 Å². The number of benzene rings is 4. The predicted molar refractivity (Wildman–Crippen MR) is 166 cm³/mol. The second-order valence-corrected chi connectivity index (χ2v) is 10.6. The lowest BCUT2D eigenvalue weighted by Crippen LogP contribution is -2.66. The summed E-state index contributed by atoms with van der Waals surface area (Å²) >= 11 is 0. The maximum atomic E-state index is 11.9. The van der Waals surface area contributed by atoms with Crippen LogP contribution >= 0.6 is 0 Å². The van der Waals surface area contributed by atoms with Gasteiger partial charge in [0.1, 0.15) is 36.6 Å². The number of hydrogen-bond acceptors (Lipinski definition) is 6. The number of hydrogen-bond donors (Lipinski definition) is 1. The van der Waals surface area contributed by atoms with Gasteiger partial charge in [-0.05, 0) is 22.3 Å². The van der Waals surface area contributed by atoms with E-state index in [4.69, 9.17) is 23.7 Å². The summed E-state index contributed by atoms with van der Waals surface area (Å²) in [6.07, 6.45) is -2.83. The van der Waals surface area contributed by atoms with Gasteiger partial charge in [-0.3, -0.25) is 0 Å². The molecule has 4 aromatic rings. The van der Waals surface area contributed by atoms with Crippen molar-refractivity contribution < 1.29 is 28.8 Å². The van der Waals surface area contributed by atoms with Gasteiger partial charge in [0, 0.05) is 0 Å². The van der Waals surface area contributed by atoms with Gasteiger partial charge in [-0.2, -0.15) is 0 Å². The highest BCUT2D eigenvalue weighted by Gasteiger charge is 2.54. The largest absolute Gasteiger partial charge is 0.387 e. The SMILES string of the molecule is C=CCO[C@H]1[C@H](O)[C@H](OCc2ccccc2)[C@@H](OCc2ccccc2)[C@H](OCc2ccccc2)[C@H]1OCc1ccccc1. The number of aliphatic hydroxyl groups excluding tert-OH is 1. The smallest absolute Gasteiger partial charge is 0.116 e. The van der Waals surface area contributed by atoms with Gasteiger partial charge in [-0.15, -0.1) is 6.58 Å². The molecule has 6 atom stereocenters. The first-order valence-electron chi connectivity index (χ1n) is 14.8. The Labute approximate surface area is 254 Å². The zero-order valence-corrected chi connectivity index (χ0v) is 24.3. The van der Waals surface area contributed by atoms with Crippen LogP contribution < -0.4 is 0 Å². The van der Waals surface area contributed by atoms with Crippen molar-refractivity contribution in [2.24, 2.45) is 0 Å². The van der Waals surface area contributed by atoms with Crippen molar-refractivity contribution in [2.75, 3.05) is 6.61 Å². The molecule has 0 saturated heterocycles. The van der Waals surface area contributed by atoms with E-state index in [2.05, 4.69) is 6.58 Å². The number of ether oxygens (including phenoxy) is 5. The number of aliphatic hydroxyl groups is 1. The average Bonchev–Trinajstić information content (AvgIpc) is 3.06. The van der Waals surface area contributed by atoms with Crippen LogP contribution in [-0.2, 0) is 50.1 Å². The fraction of sp³-hybridized carbons (Fsp3) is 0.297. The van der Waals surface area contributed by atoms with Crippen LogP contribution in [0.3, 0.4) is 0 Å². The summed E-state index contributed by atoms with van der Waals surface area (Å²) < 4.78 is 32.5. The van der Waals surface area contributed by atoms with Crippen molar-refractivity contribution in [2.45, 2.75) is 63.1 Å². The van der Waals surface area contributed by atoms with Crippen LogP contribution in [0.2, 0.25) is 0 Å². The summed E-state index contributed by atoms with van der Waals surface area (Å²) in [6.45, 7) is 5.32. The third-order valence-electron chi connectivity index (χ3n) is 7.52. The van der Waals surface area contributed by atoms with Gasteiger partial charge in [0.2, 0.25) is 0 Å². The Kier molecular flexibility index (Phi) is 11.7. The third kappa shape index (κ3) is 8.71. The molecule has 1 saturated carbocycles.